The zero-order chi connectivity index (χ0) is 21.7. The average Bonchev–Trinajstić information content (AvgIpc) is 2.97. The van der Waals surface area contributed by atoms with Crippen LogP contribution in [0.1, 0.15) is 58.4 Å². The van der Waals surface area contributed by atoms with Gasteiger partial charge in [-0.2, -0.15) is 0 Å². The summed E-state index contributed by atoms with van der Waals surface area (Å²) in [7, 11) is -3.61. The number of aliphatic imine (C=N–C) groups is 1. The van der Waals surface area contributed by atoms with E-state index in [-0.39, 0.29) is 22.6 Å². The molecule has 1 amide bonds. The molecule has 0 radical (unpaired) electrons. The highest BCUT2D eigenvalue weighted by Crippen LogP contribution is 2.23. The minimum atomic E-state index is -3.61. The fourth-order valence-corrected chi connectivity index (χ4v) is 5.36. The number of fused-ring (bicyclic) bond motifs is 1. The van der Waals surface area contributed by atoms with E-state index in [4.69, 9.17) is 0 Å². The van der Waals surface area contributed by atoms with Gasteiger partial charge in [0.25, 0.3) is 10.0 Å². The molecule has 1 aromatic carbocycles. The number of likely N-dealkylation sites (tertiary alicyclic amines) is 1. The van der Waals surface area contributed by atoms with Gasteiger partial charge in [0.15, 0.2) is 0 Å². The SMILES string of the molecule is CC(C)[C@H](N=C1NS(=O)(=O)c2ccccc21)C(=O)NCCCCN1CCCCC1C. The molecule has 2 N–H and O–H groups in total. The lowest BCUT2D eigenvalue weighted by molar-refractivity contribution is -0.123. The molecule has 2 aliphatic heterocycles. The van der Waals surface area contributed by atoms with Crippen LogP contribution in [0.15, 0.2) is 34.2 Å². The molecular formula is C22H34N4O3S. The van der Waals surface area contributed by atoms with Crippen LogP contribution in [0.4, 0.5) is 0 Å². The van der Waals surface area contributed by atoms with Crippen molar-refractivity contribution in [3.05, 3.63) is 29.8 Å². The summed E-state index contributed by atoms with van der Waals surface area (Å²) < 4.78 is 27.1. The van der Waals surface area contributed by atoms with Gasteiger partial charge in [0.05, 0.1) is 4.90 Å². The van der Waals surface area contributed by atoms with E-state index in [0.717, 1.165) is 19.4 Å². The maximum Gasteiger partial charge on any atom is 0.263 e. The largest absolute Gasteiger partial charge is 0.354 e. The standard InChI is InChI=1S/C22H34N4O3S/c1-16(2)20(24-21-18-11-4-5-12-19(18)30(28,29)25-21)22(27)23-13-7-9-15-26-14-8-6-10-17(26)3/h4-5,11-12,16-17,20H,6-10,13-15H2,1-3H3,(H,23,27)(H,24,25)/t17?,20-/m0/s1. The fraction of sp³-hybridized carbons (Fsp3) is 0.636. The Morgan fingerprint density at radius 2 is 2.03 bits per heavy atom. The molecule has 1 saturated heterocycles. The zero-order valence-electron chi connectivity index (χ0n) is 18.2. The number of amides is 1. The Kier molecular flexibility index (Phi) is 7.52. The van der Waals surface area contributed by atoms with Gasteiger partial charge in [-0.25, -0.2) is 8.42 Å². The van der Waals surface area contributed by atoms with Crippen molar-refractivity contribution < 1.29 is 13.2 Å². The Morgan fingerprint density at radius 3 is 2.77 bits per heavy atom. The van der Waals surface area contributed by atoms with Gasteiger partial charge in [0.2, 0.25) is 5.91 Å². The van der Waals surface area contributed by atoms with Gasteiger partial charge in [-0.3, -0.25) is 14.5 Å². The third kappa shape index (κ3) is 5.40. The molecule has 166 valence electrons. The van der Waals surface area contributed by atoms with Gasteiger partial charge < -0.3 is 10.2 Å². The molecule has 0 saturated carbocycles. The summed E-state index contributed by atoms with van der Waals surface area (Å²) in [6, 6.07) is 6.72. The number of hydrogen-bond acceptors (Lipinski definition) is 5. The first-order valence-corrected chi connectivity index (χ1v) is 12.5. The number of carbonyl (C=O) groups excluding carboxylic acids is 1. The molecule has 2 aliphatic rings. The van der Waals surface area contributed by atoms with Gasteiger partial charge in [-0.1, -0.05) is 32.4 Å². The second-order valence-corrected chi connectivity index (χ2v) is 10.3. The number of sulfonamides is 1. The Hall–Kier alpha value is -1.93. The van der Waals surface area contributed by atoms with Crippen molar-refractivity contribution in [2.75, 3.05) is 19.6 Å². The number of unbranched alkanes of at least 4 members (excludes halogenated alkanes) is 1. The molecule has 7 nitrogen and oxygen atoms in total. The Labute approximate surface area is 180 Å². The van der Waals surface area contributed by atoms with E-state index >= 15 is 0 Å². The molecular weight excluding hydrogens is 400 g/mol. The number of nitrogens with one attached hydrogen (secondary N) is 2. The molecule has 8 heteroatoms. The Morgan fingerprint density at radius 1 is 1.27 bits per heavy atom. The topological polar surface area (TPSA) is 90.9 Å². The van der Waals surface area contributed by atoms with Gasteiger partial charge in [0.1, 0.15) is 11.9 Å². The molecule has 2 heterocycles. The van der Waals surface area contributed by atoms with Crippen molar-refractivity contribution >= 4 is 21.8 Å². The minimum Gasteiger partial charge on any atom is -0.354 e. The quantitative estimate of drug-likeness (QED) is 0.615. The van der Waals surface area contributed by atoms with Gasteiger partial charge in [-0.15, -0.1) is 0 Å². The van der Waals surface area contributed by atoms with Gasteiger partial charge in [0, 0.05) is 18.2 Å². The second-order valence-electron chi connectivity index (χ2n) is 8.65. The molecule has 0 spiro atoms. The molecule has 0 bridgehead atoms. The summed E-state index contributed by atoms with van der Waals surface area (Å²) in [6.45, 7) is 8.99. The molecule has 0 aromatic heterocycles. The van der Waals surface area contributed by atoms with E-state index in [1.807, 2.05) is 13.8 Å². The lowest BCUT2D eigenvalue weighted by atomic mass is 10.0. The highest BCUT2D eigenvalue weighted by Gasteiger charge is 2.32. The number of amidine groups is 1. The van der Waals surface area contributed by atoms with Crippen molar-refractivity contribution in [3.8, 4) is 0 Å². The number of hydrogen-bond donors (Lipinski definition) is 2. The first kappa shape index (κ1) is 22.7. The first-order chi connectivity index (χ1) is 14.3. The number of nitrogens with zero attached hydrogens (tertiary/aromatic N) is 2. The maximum absolute atomic E-state index is 12.8. The normalized spacial score (nSPS) is 23.2. The van der Waals surface area contributed by atoms with E-state index in [1.54, 1.807) is 24.3 Å². The number of benzene rings is 1. The van der Waals surface area contributed by atoms with Crippen molar-refractivity contribution in [1.82, 2.24) is 14.9 Å². The van der Waals surface area contributed by atoms with E-state index in [0.29, 0.717) is 18.2 Å². The van der Waals surface area contributed by atoms with Crippen LogP contribution in [0.5, 0.6) is 0 Å². The third-order valence-electron chi connectivity index (χ3n) is 5.94. The molecule has 1 aromatic rings. The molecule has 1 unspecified atom stereocenters. The van der Waals surface area contributed by atoms with Crippen LogP contribution in [0, 0.1) is 5.92 Å². The molecule has 30 heavy (non-hydrogen) atoms. The smallest absolute Gasteiger partial charge is 0.263 e. The maximum atomic E-state index is 12.8. The summed E-state index contributed by atoms with van der Waals surface area (Å²) in [4.78, 5) is 20.0. The third-order valence-corrected chi connectivity index (χ3v) is 7.34. The summed E-state index contributed by atoms with van der Waals surface area (Å²) in [5, 5.41) is 2.99. The Balaban J connectivity index is 1.55. The zero-order valence-corrected chi connectivity index (χ0v) is 19.0. The summed E-state index contributed by atoms with van der Waals surface area (Å²) >= 11 is 0. The second kappa shape index (κ2) is 9.92. The van der Waals surface area contributed by atoms with Gasteiger partial charge in [-0.05, 0) is 63.7 Å². The fourth-order valence-electron chi connectivity index (χ4n) is 4.13. The molecule has 1 fully saturated rings. The molecule has 0 aliphatic carbocycles. The van der Waals surface area contributed by atoms with E-state index in [9.17, 15) is 13.2 Å². The van der Waals surface area contributed by atoms with E-state index < -0.39 is 16.1 Å². The van der Waals surface area contributed by atoms with Crippen LogP contribution in [0.25, 0.3) is 0 Å². The Bertz CT molecular complexity index is 882. The summed E-state index contributed by atoms with van der Waals surface area (Å²) in [5.74, 6) is 0.0370. The molecule has 2 atom stereocenters. The highest BCUT2D eigenvalue weighted by atomic mass is 32.2. The minimum absolute atomic E-state index is 0.0519. The van der Waals surface area contributed by atoms with Gasteiger partial charge >= 0.3 is 0 Å². The van der Waals surface area contributed by atoms with Crippen molar-refractivity contribution in [3.63, 3.8) is 0 Å². The predicted molar refractivity (Wildman–Crippen MR) is 119 cm³/mol. The first-order valence-electron chi connectivity index (χ1n) is 11.0. The predicted octanol–water partition coefficient (Wildman–Crippen LogP) is 2.52. The lowest BCUT2D eigenvalue weighted by Crippen LogP contribution is -2.40. The van der Waals surface area contributed by atoms with Crippen molar-refractivity contribution in [2.24, 2.45) is 10.9 Å². The monoisotopic (exact) mass is 434 g/mol. The molecule has 3 rings (SSSR count). The van der Waals surface area contributed by atoms with Crippen LogP contribution in [-0.2, 0) is 14.8 Å². The van der Waals surface area contributed by atoms with Crippen molar-refractivity contribution in [1.29, 1.82) is 0 Å². The summed E-state index contributed by atoms with van der Waals surface area (Å²) in [6.07, 6.45) is 5.86. The van der Waals surface area contributed by atoms with Crippen LogP contribution in [0.2, 0.25) is 0 Å². The van der Waals surface area contributed by atoms with Crippen molar-refractivity contribution in [2.45, 2.75) is 69.9 Å². The van der Waals surface area contributed by atoms with Crippen LogP contribution in [0.3, 0.4) is 0 Å². The number of carbonyl (C=O) groups is 1. The number of piperidine rings is 1. The van der Waals surface area contributed by atoms with Crippen LogP contribution >= 0.6 is 0 Å². The van der Waals surface area contributed by atoms with E-state index in [2.05, 4.69) is 26.9 Å². The highest BCUT2D eigenvalue weighted by molar-refractivity contribution is 7.90. The van der Waals surface area contributed by atoms with Crippen LogP contribution < -0.4 is 10.0 Å². The lowest BCUT2D eigenvalue weighted by Gasteiger charge is -2.33. The summed E-state index contributed by atoms with van der Waals surface area (Å²) in [5.41, 5.74) is 0.520. The van der Waals surface area contributed by atoms with Crippen LogP contribution in [-0.4, -0.2) is 56.8 Å². The number of rotatable bonds is 8. The average molecular weight is 435 g/mol. The van der Waals surface area contributed by atoms with E-state index in [1.165, 1.54) is 25.8 Å².